The molecule has 1 aliphatic heterocycles. The summed E-state index contributed by atoms with van der Waals surface area (Å²) in [5.41, 5.74) is 3.12. The average Bonchev–Trinajstić information content (AvgIpc) is 2.55. The van der Waals surface area contributed by atoms with Crippen LogP contribution in [0.4, 0.5) is 5.69 Å². The number of sulfonamides is 1. The molecule has 0 amide bonds. The first-order chi connectivity index (χ1) is 11.4. The molecule has 3 rings (SSSR count). The van der Waals surface area contributed by atoms with E-state index in [-0.39, 0.29) is 6.04 Å². The minimum Gasteiger partial charge on any atom is -0.379 e. The SMILES string of the molecule is Cc1cccc2c(N[C@@H]3CCCN(S(C)(=O)=O)C3)c(C#N)cnc12. The van der Waals surface area contributed by atoms with Crippen molar-refractivity contribution < 1.29 is 8.42 Å². The van der Waals surface area contributed by atoms with Gasteiger partial charge in [0.25, 0.3) is 0 Å². The Balaban J connectivity index is 1.98. The van der Waals surface area contributed by atoms with Crippen LogP contribution in [0.15, 0.2) is 24.4 Å². The van der Waals surface area contributed by atoms with Crippen molar-refractivity contribution in [2.24, 2.45) is 0 Å². The molecule has 1 aliphatic rings. The summed E-state index contributed by atoms with van der Waals surface area (Å²) in [6.07, 6.45) is 4.48. The van der Waals surface area contributed by atoms with Crippen molar-refractivity contribution in [2.45, 2.75) is 25.8 Å². The molecule has 0 unspecified atom stereocenters. The zero-order chi connectivity index (χ0) is 17.3. The third-order valence-corrected chi connectivity index (χ3v) is 5.69. The minimum absolute atomic E-state index is 0.0216. The molecule has 2 heterocycles. The highest BCUT2D eigenvalue weighted by Gasteiger charge is 2.26. The van der Waals surface area contributed by atoms with Crippen LogP contribution >= 0.6 is 0 Å². The molecule has 0 saturated carbocycles. The Morgan fingerprint density at radius 1 is 1.42 bits per heavy atom. The fraction of sp³-hybridized carbons (Fsp3) is 0.412. The summed E-state index contributed by atoms with van der Waals surface area (Å²) in [5, 5.41) is 13.7. The van der Waals surface area contributed by atoms with E-state index in [1.807, 2.05) is 25.1 Å². The Hall–Kier alpha value is -2.17. The van der Waals surface area contributed by atoms with Crippen molar-refractivity contribution in [1.82, 2.24) is 9.29 Å². The maximum absolute atomic E-state index is 11.8. The molecule has 0 bridgehead atoms. The van der Waals surface area contributed by atoms with Crippen LogP contribution in [0.1, 0.15) is 24.0 Å². The van der Waals surface area contributed by atoms with Gasteiger partial charge in [-0.1, -0.05) is 18.2 Å². The third kappa shape index (κ3) is 3.21. The van der Waals surface area contributed by atoms with Crippen LogP contribution < -0.4 is 5.32 Å². The smallest absolute Gasteiger partial charge is 0.211 e. The number of hydrogen-bond acceptors (Lipinski definition) is 5. The van der Waals surface area contributed by atoms with E-state index < -0.39 is 10.0 Å². The molecule has 1 fully saturated rings. The van der Waals surface area contributed by atoms with Gasteiger partial charge in [-0.2, -0.15) is 5.26 Å². The predicted molar refractivity (Wildman–Crippen MR) is 94.3 cm³/mol. The molecule has 1 N–H and O–H groups in total. The average molecular weight is 344 g/mol. The van der Waals surface area contributed by atoms with Crippen LogP contribution in [0, 0.1) is 18.3 Å². The maximum atomic E-state index is 11.8. The van der Waals surface area contributed by atoms with Crippen LogP contribution in [0.2, 0.25) is 0 Å². The number of aromatic nitrogens is 1. The first-order valence-corrected chi connectivity index (χ1v) is 9.75. The van der Waals surface area contributed by atoms with Gasteiger partial charge in [-0.3, -0.25) is 4.98 Å². The number of rotatable bonds is 3. The number of nitrogens with zero attached hydrogens (tertiary/aromatic N) is 3. The number of aryl methyl sites for hydroxylation is 1. The molecular formula is C17H20N4O2S. The third-order valence-electron chi connectivity index (χ3n) is 4.42. The predicted octanol–water partition coefficient (Wildman–Crippen LogP) is 2.25. The van der Waals surface area contributed by atoms with E-state index in [1.165, 1.54) is 10.6 Å². The Bertz CT molecular complexity index is 918. The van der Waals surface area contributed by atoms with Crippen LogP contribution in [-0.4, -0.2) is 43.1 Å². The van der Waals surface area contributed by atoms with Gasteiger partial charge in [0.05, 0.1) is 23.0 Å². The van der Waals surface area contributed by atoms with Gasteiger partial charge in [0.15, 0.2) is 0 Å². The van der Waals surface area contributed by atoms with E-state index in [0.717, 1.165) is 35.0 Å². The van der Waals surface area contributed by atoms with Crippen molar-refractivity contribution >= 4 is 26.6 Å². The molecule has 24 heavy (non-hydrogen) atoms. The Morgan fingerprint density at radius 2 is 2.21 bits per heavy atom. The first kappa shape index (κ1) is 16.7. The fourth-order valence-electron chi connectivity index (χ4n) is 3.18. The number of nitrogens with one attached hydrogen (secondary N) is 1. The monoisotopic (exact) mass is 344 g/mol. The molecule has 126 valence electrons. The lowest BCUT2D eigenvalue weighted by Crippen LogP contribution is -2.44. The van der Waals surface area contributed by atoms with Crippen LogP contribution in [0.5, 0.6) is 0 Å². The van der Waals surface area contributed by atoms with E-state index >= 15 is 0 Å². The lowest BCUT2D eigenvalue weighted by molar-refractivity contribution is 0.329. The molecule has 1 saturated heterocycles. The van der Waals surface area contributed by atoms with Crippen molar-refractivity contribution in [1.29, 1.82) is 5.26 Å². The fourth-order valence-corrected chi connectivity index (χ4v) is 4.09. The van der Waals surface area contributed by atoms with Gasteiger partial charge in [-0.15, -0.1) is 0 Å². The van der Waals surface area contributed by atoms with E-state index in [4.69, 9.17) is 0 Å². The summed E-state index contributed by atoms with van der Waals surface area (Å²) in [5.74, 6) is 0. The van der Waals surface area contributed by atoms with Crippen molar-refractivity contribution in [3.63, 3.8) is 0 Å². The Labute approximate surface area is 142 Å². The number of benzene rings is 1. The van der Waals surface area contributed by atoms with Crippen molar-refractivity contribution in [3.05, 3.63) is 35.5 Å². The number of pyridine rings is 1. The summed E-state index contributed by atoms with van der Waals surface area (Å²) < 4.78 is 25.1. The minimum atomic E-state index is -3.20. The molecule has 0 radical (unpaired) electrons. The molecule has 2 aromatic rings. The summed E-state index contributed by atoms with van der Waals surface area (Å²) in [7, 11) is -3.20. The number of fused-ring (bicyclic) bond motifs is 1. The van der Waals surface area contributed by atoms with Gasteiger partial charge in [0.2, 0.25) is 10.0 Å². The number of nitriles is 1. The van der Waals surface area contributed by atoms with Crippen LogP contribution in [-0.2, 0) is 10.0 Å². The number of hydrogen-bond donors (Lipinski definition) is 1. The lowest BCUT2D eigenvalue weighted by Gasteiger charge is -2.32. The zero-order valence-electron chi connectivity index (χ0n) is 13.8. The van der Waals surface area contributed by atoms with E-state index in [0.29, 0.717) is 18.7 Å². The van der Waals surface area contributed by atoms with Gasteiger partial charge >= 0.3 is 0 Å². The molecule has 1 atom stereocenters. The molecular weight excluding hydrogens is 324 g/mol. The summed E-state index contributed by atoms with van der Waals surface area (Å²) in [4.78, 5) is 4.39. The van der Waals surface area contributed by atoms with Gasteiger partial charge in [-0.05, 0) is 25.3 Å². The first-order valence-electron chi connectivity index (χ1n) is 7.90. The van der Waals surface area contributed by atoms with E-state index in [1.54, 1.807) is 6.20 Å². The molecule has 6 nitrogen and oxygen atoms in total. The van der Waals surface area contributed by atoms with Crippen LogP contribution in [0.3, 0.4) is 0 Å². The largest absolute Gasteiger partial charge is 0.379 e. The zero-order valence-corrected chi connectivity index (χ0v) is 14.6. The van der Waals surface area contributed by atoms with Gasteiger partial charge < -0.3 is 5.32 Å². The number of piperidine rings is 1. The van der Waals surface area contributed by atoms with Gasteiger partial charge in [0.1, 0.15) is 6.07 Å². The van der Waals surface area contributed by atoms with Crippen molar-refractivity contribution in [3.8, 4) is 6.07 Å². The van der Waals surface area contributed by atoms with E-state index in [2.05, 4.69) is 16.4 Å². The Morgan fingerprint density at radius 3 is 2.92 bits per heavy atom. The molecule has 1 aromatic heterocycles. The number of para-hydroxylation sites is 1. The topological polar surface area (TPSA) is 86.1 Å². The quantitative estimate of drug-likeness (QED) is 0.923. The highest BCUT2D eigenvalue weighted by atomic mass is 32.2. The molecule has 0 spiro atoms. The summed E-state index contributed by atoms with van der Waals surface area (Å²) >= 11 is 0. The van der Waals surface area contributed by atoms with Crippen LogP contribution in [0.25, 0.3) is 10.9 Å². The highest BCUT2D eigenvalue weighted by Crippen LogP contribution is 2.29. The molecule has 0 aliphatic carbocycles. The highest BCUT2D eigenvalue weighted by molar-refractivity contribution is 7.88. The standard InChI is InChI=1S/C17H20N4O2S/c1-12-5-3-7-15-16(12)19-10-13(9-18)17(15)20-14-6-4-8-21(11-14)24(2,22)23/h3,5,7,10,14H,4,6,8,11H2,1-2H3,(H,19,20)/t14-/m1/s1. The molecule has 7 heteroatoms. The van der Waals surface area contributed by atoms with E-state index in [9.17, 15) is 13.7 Å². The lowest BCUT2D eigenvalue weighted by atomic mass is 10.0. The molecule has 1 aromatic carbocycles. The van der Waals surface area contributed by atoms with Gasteiger partial charge in [0, 0.05) is 30.7 Å². The second-order valence-electron chi connectivity index (χ2n) is 6.23. The summed E-state index contributed by atoms with van der Waals surface area (Å²) in [6.45, 7) is 2.95. The van der Waals surface area contributed by atoms with Gasteiger partial charge in [-0.25, -0.2) is 12.7 Å². The number of anilines is 1. The van der Waals surface area contributed by atoms with Crippen molar-refractivity contribution in [2.75, 3.05) is 24.7 Å². The maximum Gasteiger partial charge on any atom is 0.211 e. The second kappa shape index (κ2) is 6.38. The second-order valence-corrected chi connectivity index (χ2v) is 8.22. The Kier molecular flexibility index (Phi) is 4.43. The summed E-state index contributed by atoms with van der Waals surface area (Å²) in [6, 6.07) is 8.02. The normalized spacial score (nSPS) is 19.1.